The summed E-state index contributed by atoms with van der Waals surface area (Å²) in [5.41, 5.74) is 3.64. The van der Waals surface area contributed by atoms with Crippen LogP contribution in [0.2, 0.25) is 0 Å². The van der Waals surface area contributed by atoms with Crippen LogP contribution in [0.15, 0.2) is 109 Å². The number of hydrogen-bond donors (Lipinski definition) is 2. The van der Waals surface area contributed by atoms with Gasteiger partial charge in [-0.15, -0.1) is 0 Å². The second-order valence-electron chi connectivity index (χ2n) is 8.69. The number of nitrogens with zero attached hydrogens (tertiary/aromatic N) is 2. The quantitative estimate of drug-likeness (QED) is 0.219. The molecule has 4 aromatic rings. The van der Waals surface area contributed by atoms with E-state index in [1.807, 2.05) is 36.4 Å². The van der Waals surface area contributed by atoms with E-state index < -0.39 is 0 Å². The maximum Gasteiger partial charge on any atom is 0.173 e. The lowest BCUT2D eigenvalue weighted by Crippen LogP contribution is -2.43. The van der Waals surface area contributed by atoms with Crippen molar-refractivity contribution in [1.82, 2.24) is 9.80 Å². The summed E-state index contributed by atoms with van der Waals surface area (Å²) in [6.07, 6.45) is 0. The van der Waals surface area contributed by atoms with E-state index >= 15 is 0 Å². The molecule has 0 unspecified atom stereocenters. The average molecular weight is 547 g/mol. The number of halogens is 2. The molecular formula is C30H28F2N4S2. The third-order valence-electron chi connectivity index (χ3n) is 5.84. The van der Waals surface area contributed by atoms with Crippen LogP contribution >= 0.6 is 24.4 Å². The summed E-state index contributed by atoms with van der Waals surface area (Å²) in [7, 11) is 0. The Bertz CT molecular complexity index is 1210. The first-order valence-corrected chi connectivity index (χ1v) is 13.0. The highest BCUT2D eigenvalue weighted by atomic mass is 32.1. The number of benzene rings is 4. The van der Waals surface area contributed by atoms with Crippen LogP contribution in [0.4, 0.5) is 20.2 Å². The number of rotatable bonds is 9. The van der Waals surface area contributed by atoms with Gasteiger partial charge in [-0.1, -0.05) is 60.7 Å². The van der Waals surface area contributed by atoms with E-state index in [1.54, 1.807) is 24.3 Å². The lowest BCUT2D eigenvalue weighted by molar-refractivity contribution is 0.335. The molecule has 4 rings (SSSR count). The molecule has 0 radical (unpaired) electrons. The summed E-state index contributed by atoms with van der Waals surface area (Å²) in [6, 6.07) is 32.4. The molecular weight excluding hydrogens is 518 g/mol. The van der Waals surface area contributed by atoms with Crippen molar-refractivity contribution in [3.8, 4) is 0 Å². The van der Waals surface area contributed by atoms with Gasteiger partial charge in [0.15, 0.2) is 10.2 Å². The molecule has 0 saturated carbocycles. The lowest BCUT2D eigenvalue weighted by atomic mass is 10.2. The number of thiocarbonyl (C=S) groups is 2. The summed E-state index contributed by atoms with van der Waals surface area (Å²) in [5.74, 6) is -0.609. The van der Waals surface area contributed by atoms with Crippen LogP contribution in [0.25, 0.3) is 0 Å². The molecule has 4 nitrogen and oxygen atoms in total. The molecule has 0 heterocycles. The zero-order valence-electron chi connectivity index (χ0n) is 20.7. The second kappa shape index (κ2) is 13.6. The van der Waals surface area contributed by atoms with Crippen LogP contribution < -0.4 is 10.6 Å². The van der Waals surface area contributed by atoms with Crippen molar-refractivity contribution in [2.75, 3.05) is 23.7 Å². The van der Waals surface area contributed by atoms with Crippen molar-refractivity contribution in [1.29, 1.82) is 0 Å². The van der Waals surface area contributed by atoms with Crippen LogP contribution in [-0.2, 0) is 13.1 Å². The Morgan fingerprint density at radius 1 is 0.526 bits per heavy atom. The summed E-state index contributed by atoms with van der Waals surface area (Å²) < 4.78 is 26.8. The van der Waals surface area contributed by atoms with Gasteiger partial charge in [0, 0.05) is 37.6 Å². The lowest BCUT2D eigenvalue weighted by Gasteiger charge is -2.31. The molecule has 8 heteroatoms. The molecule has 0 fully saturated rings. The van der Waals surface area contributed by atoms with Crippen LogP contribution in [0.5, 0.6) is 0 Å². The minimum atomic E-state index is -0.304. The van der Waals surface area contributed by atoms with E-state index in [1.165, 1.54) is 24.3 Å². The van der Waals surface area contributed by atoms with Crippen molar-refractivity contribution in [2.45, 2.75) is 13.1 Å². The van der Waals surface area contributed by atoms with Gasteiger partial charge >= 0.3 is 0 Å². The van der Waals surface area contributed by atoms with Crippen LogP contribution in [0.1, 0.15) is 11.1 Å². The average Bonchev–Trinajstić information content (AvgIpc) is 2.93. The zero-order valence-corrected chi connectivity index (χ0v) is 22.3. The zero-order chi connectivity index (χ0) is 26.7. The van der Waals surface area contributed by atoms with E-state index in [2.05, 4.69) is 44.7 Å². The van der Waals surface area contributed by atoms with Crippen molar-refractivity contribution in [3.05, 3.63) is 132 Å². The van der Waals surface area contributed by atoms with E-state index in [0.717, 1.165) is 11.1 Å². The molecule has 0 aliphatic carbocycles. The van der Waals surface area contributed by atoms with Crippen LogP contribution in [-0.4, -0.2) is 33.1 Å². The minimum Gasteiger partial charge on any atom is -0.343 e. The highest BCUT2D eigenvalue weighted by Crippen LogP contribution is 2.15. The Morgan fingerprint density at radius 2 is 0.868 bits per heavy atom. The summed E-state index contributed by atoms with van der Waals surface area (Å²) in [6.45, 7) is 2.32. The van der Waals surface area contributed by atoms with Crippen molar-refractivity contribution >= 4 is 46.0 Å². The third-order valence-corrected chi connectivity index (χ3v) is 6.56. The minimum absolute atomic E-state index is 0.304. The SMILES string of the molecule is Fc1ccc(NC(=S)N(CCN(Cc2ccccc2)C(=S)Nc2ccc(F)cc2)Cc2ccccc2)cc1. The molecule has 0 aliphatic heterocycles. The second-order valence-corrected chi connectivity index (χ2v) is 9.46. The Morgan fingerprint density at radius 3 is 1.21 bits per heavy atom. The van der Waals surface area contributed by atoms with Crippen molar-refractivity contribution < 1.29 is 8.78 Å². The molecule has 2 N–H and O–H groups in total. The highest BCUT2D eigenvalue weighted by Gasteiger charge is 2.16. The predicted molar refractivity (Wildman–Crippen MR) is 159 cm³/mol. The molecule has 0 aromatic heterocycles. The standard InChI is InChI=1S/C30H28F2N4S2/c31-25-11-15-27(16-12-25)33-29(37)35(21-23-7-3-1-4-8-23)19-20-36(22-24-9-5-2-6-10-24)30(38)34-28-17-13-26(32)14-18-28/h1-18H,19-22H2,(H,33,37)(H,34,38). The fourth-order valence-electron chi connectivity index (χ4n) is 3.83. The molecule has 0 saturated heterocycles. The number of hydrogen-bond acceptors (Lipinski definition) is 2. The Balaban J connectivity index is 1.51. The predicted octanol–water partition coefficient (Wildman–Crippen LogP) is 7.06. The van der Waals surface area contributed by atoms with E-state index in [-0.39, 0.29) is 11.6 Å². The Hall–Kier alpha value is -3.88. The monoisotopic (exact) mass is 546 g/mol. The molecule has 0 aliphatic rings. The topological polar surface area (TPSA) is 30.5 Å². The van der Waals surface area contributed by atoms with Crippen molar-refractivity contribution in [2.24, 2.45) is 0 Å². The van der Waals surface area contributed by atoms with E-state index in [4.69, 9.17) is 24.4 Å². The van der Waals surface area contributed by atoms with Gasteiger partial charge in [-0.3, -0.25) is 0 Å². The first kappa shape index (κ1) is 27.2. The van der Waals surface area contributed by atoms with Gasteiger partial charge < -0.3 is 20.4 Å². The molecule has 0 spiro atoms. The Labute approximate surface area is 232 Å². The van der Waals surface area contributed by atoms with Crippen LogP contribution in [0.3, 0.4) is 0 Å². The van der Waals surface area contributed by atoms with E-state index in [9.17, 15) is 8.78 Å². The normalized spacial score (nSPS) is 10.5. The molecule has 0 atom stereocenters. The molecule has 4 aromatic carbocycles. The fraction of sp³-hybridized carbons (Fsp3) is 0.133. The largest absolute Gasteiger partial charge is 0.343 e. The van der Waals surface area contributed by atoms with Crippen LogP contribution in [0, 0.1) is 11.6 Å². The molecule has 38 heavy (non-hydrogen) atoms. The van der Waals surface area contributed by atoms with Gasteiger partial charge in [0.05, 0.1) is 0 Å². The Kier molecular flexibility index (Phi) is 9.72. The summed E-state index contributed by atoms with van der Waals surface area (Å²) >= 11 is 11.5. The number of anilines is 2. The van der Waals surface area contributed by atoms with E-state index in [0.29, 0.717) is 47.8 Å². The summed E-state index contributed by atoms with van der Waals surface area (Å²) in [4.78, 5) is 4.12. The third kappa shape index (κ3) is 8.33. The van der Waals surface area contributed by atoms with Gasteiger partial charge in [-0.05, 0) is 84.1 Å². The summed E-state index contributed by atoms with van der Waals surface area (Å²) in [5, 5.41) is 7.50. The highest BCUT2D eigenvalue weighted by molar-refractivity contribution is 7.80. The van der Waals surface area contributed by atoms with Gasteiger partial charge in [0.2, 0.25) is 0 Å². The fourth-order valence-corrected chi connectivity index (χ4v) is 4.37. The first-order chi connectivity index (χ1) is 18.5. The van der Waals surface area contributed by atoms with Gasteiger partial charge in [0.1, 0.15) is 11.6 Å². The maximum absolute atomic E-state index is 13.4. The van der Waals surface area contributed by atoms with Gasteiger partial charge in [-0.25, -0.2) is 8.78 Å². The van der Waals surface area contributed by atoms with Crippen molar-refractivity contribution in [3.63, 3.8) is 0 Å². The molecule has 0 bridgehead atoms. The van der Waals surface area contributed by atoms with Gasteiger partial charge in [0.25, 0.3) is 0 Å². The molecule has 0 amide bonds. The number of nitrogens with one attached hydrogen (secondary N) is 2. The molecule has 194 valence electrons. The smallest absolute Gasteiger partial charge is 0.173 e. The maximum atomic E-state index is 13.4. The first-order valence-electron chi connectivity index (χ1n) is 12.2. The van der Waals surface area contributed by atoms with Gasteiger partial charge in [-0.2, -0.15) is 0 Å².